The molecule has 1 heterocycles. The molecule has 0 spiro atoms. The number of benzene rings is 1. The van der Waals surface area contributed by atoms with Gasteiger partial charge in [-0.2, -0.15) is 5.26 Å². The highest BCUT2D eigenvalue weighted by Crippen LogP contribution is 2.25. The van der Waals surface area contributed by atoms with Gasteiger partial charge in [-0.05, 0) is 50.6 Å². The lowest BCUT2D eigenvalue weighted by Crippen LogP contribution is -2.49. The molecule has 2 rings (SSSR count). The van der Waals surface area contributed by atoms with Crippen LogP contribution in [0.1, 0.15) is 31.7 Å². The van der Waals surface area contributed by atoms with Crippen LogP contribution in [0.25, 0.3) is 0 Å². The number of piperidine rings is 1. The van der Waals surface area contributed by atoms with E-state index in [0.717, 1.165) is 19.5 Å². The van der Waals surface area contributed by atoms with Crippen LogP contribution in [-0.2, 0) is 6.42 Å². The first-order chi connectivity index (χ1) is 9.55. The van der Waals surface area contributed by atoms with Crippen LogP contribution in [0.15, 0.2) is 24.3 Å². The Morgan fingerprint density at radius 3 is 2.25 bits per heavy atom. The van der Waals surface area contributed by atoms with Gasteiger partial charge in [0, 0.05) is 26.2 Å². The number of rotatable bonds is 4. The van der Waals surface area contributed by atoms with Gasteiger partial charge in [0.2, 0.25) is 0 Å². The maximum Gasteiger partial charge on any atom is 0.110 e. The Bertz CT molecular complexity index is 466. The van der Waals surface area contributed by atoms with E-state index in [9.17, 15) is 5.26 Å². The smallest absolute Gasteiger partial charge is 0.110 e. The summed E-state index contributed by atoms with van der Waals surface area (Å²) >= 11 is 0. The molecule has 0 aliphatic carbocycles. The lowest BCUT2D eigenvalue weighted by molar-refractivity contribution is 0.124. The van der Waals surface area contributed by atoms with Crippen molar-refractivity contribution in [2.45, 2.75) is 38.1 Å². The summed E-state index contributed by atoms with van der Waals surface area (Å²) in [5.41, 5.74) is 2.07. The molecule has 3 heteroatoms. The molecule has 1 aromatic rings. The molecule has 1 atom stereocenters. The third kappa shape index (κ3) is 3.32. The number of hydrogen-bond donors (Lipinski definition) is 0. The molecule has 1 fully saturated rings. The predicted molar refractivity (Wildman–Crippen MR) is 83.9 cm³/mol. The van der Waals surface area contributed by atoms with Crippen molar-refractivity contribution in [3.8, 4) is 6.07 Å². The van der Waals surface area contributed by atoms with Gasteiger partial charge in [0.1, 0.15) is 5.54 Å². The Morgan fingerprint density at radius 1 is 1.15 bits per heavy atom. The summed E-state index contributed by atoms with van der Waals surface area (Å²) in [5.74, 6) is 0. The summed E-state index contributed by atoms with van der Waals surface area (Å²) < 4.78 is 0. The van der Waals surface area contributed by atoms with Crippen molar-refractivity contribution in [2.24, 2.45) is 0 Å². The zero-order valence-electron chi connectivity index (χ0n) is 12.9. The van der Waals surface area contributed by atoms with Gasteiger partial charge in [0.15, 0.2) is 0 Å². The molecule has 1 aliphatic rings. The van der Waals surface area contributed by atoms with Crippen LogP contribution in [-0.4, -0.2) is 37.6 Å². The Balaban J connectivity index is 2.10. The molecule has 20 heavy (non-hydrogen) atoms. The van der Waals surface area contributed by atoms with Gasteiger partial charge in [-0.25, -0.2) is 0 Å². The second kappa shape index (κ2) is 6.28. The van der Waals surface area contributed by atoms with Crippen LogP contribution in [0.2, 0.25) is 0 Å². The van der Waals surface area contributed by atoms with Crippen LogP contribution in [0.4, 0.5) is 5.69 Å². The van der Waals surface area contributed by atoms with E-state index in [2.05, 4.69) is 47.1 Å². The largest absolute Gasteiger partial charge is 0.378 e. The minimum atomic E-state index is -0.375. The molecular formula is C17H25N3. The zero-order valence-corrected chi connectivity index (χ0v) is 12.9. The second-order valence-electron chi connectivity index (χ2n) is 6.17. The minimum absolute atomic E-state index is 0.375. The zero-order chi connectivity index (χ0) is 14.6. The monoisotopic (exact) mass is 271 g/mol. The Kier molecular flexibility index (Phi) is 4.67. The fraction of sp³-hybridized carbons (Fsp3) is 0.588. The first-order valence-corrected chi connectivity index (χ1v) is 7.48. The van der Waals surface area contributed by atoms with Crippen LogP contribution < -0.4 is 4.90 Å². The van der Waals surface area contributed by atoms with Crippen molar-refractivity contribution in [2.75, 3.05) is 32.1 Å². The van der Waals surface area contributed by atoms with E-state index >= 15 is 0 Å². The SMILES string of the molecule is CN(C)c1ccc(CC(C)(C#N)N2CCCCC2)cc1. The highest BCUT2D eigenvalue weighted by Gasteiger charge is 2.32. The number of nitrogens with zero attached hydrogens (tertiary/aromatic N) is 3. The number of likely N-dealkylation sites (tertiary alicyclic amines) is 1. The van der Waals surface area contributed by atoms with Crippen molar-refractivity contribution in [1.82, 2.24) is 4.90 Å². The maximum absolute atomic E-state index is 9.64. The molecule has 0 amide bonds. The van der Waals surface area contributed by atoms with Crippen molar-refractivity contribution >= 4 is 5.69 Å². The molecule has 0 N–H and O–H groups in total. The third-order valence-corrected chi connectivity index (χ3v) is 4.30. The van der Waals surface area contributed by atoms with E-state index < -0.39 is 0 Å². The third-order valence-electron chi connectivity index (χ3n) is 4.30. The highest BCUT2D eigenvalue weighted by molar-refractivity contribution is 5.46. The van der Waals surface area contributed by atoms with Crippen LogP contribution >= 0.6 is 0 Å². The topological polar surface area (TPSA) is 30.3 Å². The van der Waals surface area contributed by atoms with E-state index in [0.29, 0.717) is 0 Å². The molecular weight excluding hydrogens is 246 g/mol. The quantitative estimate of drug-likeness (QED) is 0.843. The van der Waals surface area contributed by atoms with Gasteiger partial charge >= 0.3 is 0 Å². The van der Waals surface area contributed by atoms with Gasteiger partial charge in [-0.15, -0.1) is 0 Å². The van der Waals surface area contributed by atoms with Gasteiger partial charge in [0.25, 0.3) is 0 Å². The first kappa shape index (κ1) is 14.9. The number of anilines is 1. The summed E-state index contributed by atoms with van der Waals surface area (Å²) in [5, 5.41) is 9.64. The molecule has 0 bridgehead atoms. The summed E-state index contributed by atoms with van der Waals surface area (Å²) in [7, 11) is 4.09. The van der Waals surface area contributed by atoms with E-state index in [4.69, 9.17) is 0 Å². The number of nitriles is 1. The average molecular weight is 271 g/mol. The van der Waals surface area contributed by atoms with Crippen molar-refractivity contribution in [1.29, 1.82) is 5.26 Å². The molecule has 0 saturated carbocycles. The Hall–Kier alpha value is -1.53. The fourth-order valence-electron chi connectivity index (χ4n) is 2.92. The molecule has 1 aliphatic heterocycles. The molecule has 1 saturated heterocycles. The molecule has 1 aromatic carbocycles. The molecule has 3 nitrogen and oxygen atoms in total. The summed E-state index contributed by atoms with van der Waals surface area (Å²) in [6.07, 6.45) is 4.54. The van der Waals surface area contributed by atoms with Gasteiger partial charge < -0.3 is 4.90 Å². The Morgan fingerprint density at radius 2 is 1.75 bits per heavy atom. The van der Waals surface area contributed by atoms with Crippen LogP contribution in [0.3, 0.4) is 0 Å². The van der Waals surface area contributed by atoms with Gasteiger partial charge in [-0.3, -0.25) is 4.90 Å². The van der Waals surface area contributed by atoms with E-state index in [-0.39, 0.29) is 5.54 Å². The van der Waals surface area contributed by atoms with Crippen LogP contribution in [0.5, 0.6) is 0 Å². The summed E-state index contributed by atoms with van der Waals surface area (Å²) in [6, 6.07) is 11.1. The van der Waals surface area contributed by atoms with Crippen molar-refractivity contribution in [3.05, 3.63) is 29.8 Å². The summed E-state index contributed by atoms with van der Waals surface area (Å²) in [4.78, 5) is 4.45. The van der Waals surface area contributed by atoms with Gasteiger partial charge in [0.05, 0.1) is 6.07 Å². The van der Waals surface area contributed by atoms with Crippen molar-refractivity contribution in [3.63, 3.8) is 0 Å². The normalized spacial score (nSPS) is 19.1. The van der Waals surface area contributed by atoms with E-state index in [1.807, 2.05) is 14.1 Å². The predicted octanol–water partition coefficient (Wildman–Crippen LogP) is 3.06. The lowest BCUT2D eigenvalue weighted by atomic mass is 9.90. The first-order valence-electron chi connectivity index (χ1n) is 7.48. The van der Waals surface area contributed by atoms with E-state index in [1.54, 1.807) is 0 Å². The molecule has 108 valence electrons. The van der Waals surface area contributed by atoms with Gasteiger partial charge in [-0.1, -0.05) is 18.6 Å². The molecule has 0 radical (unpaired) electrons. The maximum atomic E-state index is 9.64. The Labute approximate surface area is 122 Å². The molecule has 0 aromatic heterocycles. The van der Waals surface area contributed by atoms with Crippen LogP contribution in [0, 0.1) is 11.3 Å². The van der Waals surface area contributed by atoms with Crippen molar-refractivity contribution < 1.29 is 0 Å². The second-order valence-corrected chi connectivity index (χ2v) is 6.17. The average Bonchev–Trinajstić information content (AvgIpc) is 2.48. The lowest BCUT2D eigenvalue weighted by Gasteiger charge is -2.38. The number of hydrogen-bond acceptors (Lipinski definition) is 3. The fourth-order valence-corrected chi connectivity index (χ4v) is 2.92. The molecule has 1 unspecified atom stereocenters. The summed E-state index contributed by atoms with van der Waals surface area (Å²) in [6.45, 7) is 4.19. The standard InChI is InChI=1S/C17H25N3/c1-17(14-18,20-11-5-4-6-12-20)13-15-7-9-16(10-8-15)19(2)3/h7-10H,4-6,11-13H2,1-3H3. The highest BCUT2D eigenvalue weighted by atomic mass is 15.2. The van der Waals surface area contributed by atoms with E-state index in [1.165, 1.54) is 30.5 Å². The minimum Gasteiger partial charge on any atom is -0.378 e.